The first-order valence-corrected chi connectivity index (χ1v) is 4.17. The van der Waals surface area contributed by atoms with E-state index in [1.54, 1.807) is 6.92 Å². The fourth-order valence-electron chi connectivity index (χ4n) is 1.02. The van der Waals surface area contributed by atoms with Crippen LogP contribution < -0.4 is 0 Å². The molecule has 0 N–H and O–H groups in total. The third-order valence-electron chi connectivity index (χ3n) is 2.52. The van der Waals surface area contributed by atoms with Gasteiger partial charge in [-0.15, -0.1) is 5.92 Å². The summed E-state index contributed by atoms with van der Waals surface area (Å²) in [5, 5.41) is 0. The second-order valence-electron chi connectivity index (χ2n) is 3.98. The Kier molecular flexibility index (Phi) is 2.24. The molecule has 1 heterocycles. The van der Waals surface area contributed by atoms with Crippen molar-refractivity contribution in [3.63, 3.8) is 0 Å². The third-order valence-corrected chi connectivity index (χ3v) is 2.52. The Morgan fingerprint density at radius 1 is 1.00 bits per heavy atom. The second-order valence-corrected chi connectivity index (χ2v) is 3.98. The van der Waals surface area contributed by atoms with Gasteiger partial charge >= 0.3 is 7.12 Å². The third kappa shape index (κ3) is 1.50. The lowest BCUT2D eigenvalue weighted by Crippen LogP contribution is -2.41. The maximum Gasteiger partial charge on any atom is 0.551 e. The summed E-state index contributed by atoms with van der Waals surface area (Å²) >= 11 is 0. The van der Waals surface area contributed by atoms with Crippen molar-refractivity contribution in [1.82, 2.24) is 0 Å². The van der Waals surface area contributed by atoms with E-state index >= 15 is 0 Å². The van der Waals surface area contributed by atoms with Crippen molar-refractivity contribution in [2.24, 2.45) is 0 Å². The zero-order valence-electron chi connectivity index (χ0n) is 8.39. The molecule has 0 atom stereocenters. The largest absolute Gasteiger partial charge is 0.551 e. The molecule has 2 nitrogen and oxygen atoms in total. The van der Waals surface area contributed by atoms with E-state index in [1.165, 1.54) is 0 Å². The summed E-state index contributed by atoms with van der Waals surface area (Å²) in [6.45, 7) is 9.86. The Bertz CT molecular complexity index is 219. The van der Waals surface area contributed by atoms with Crippen LogP contribution >= 0.6 is 0 Å². The molecule has 0 unspecified atom stereocenters. The summed E-state index contributed by atoms with van der Waals surface area (Å²) < 4.78 is 11.2. The van der Waals surface area contributed by atoms with E-state index in [2.05, 4.69) is 11.7 Å². The Morgan fingerprint density at radius 2 is 1.42 bits per heavy atom. The molecule has 66 valence electrons. The van der Waals surface area contributed by atoms with Crippen LogP contribution in [0.3, 0.4) is 0 Å². The zero-order chi connectivity index (χ0) is 9.41. The van der Waals surface area contributed by atoms with Crippen LogP contribution in [0.5, 0.6) is 0 Å². The number of hydrogen-bond acceptors (Lipinski definition) is 2. The maximum atomic E-state index is 5.61. The summed E-state index contributed by atoms with van der Waals surface area (Å²) in [4.78, 5) is 0. The van der Waals surface area contributed by atoms with Gasteiger partial charge in [-0.05, 0) is 34.6 Å². The SMILES string of the molecule is CC#CB1OC(C)(C)C(C)(C)O1. The van der Waals surface area contributed by atoms with Gasteiger partial charge in [0.05, 0.1) is 11.2 Å². The molecule has 0 aromatic rings. The Morgan fingerprint density at radius 3 is 1.75 bits per heavy atom. The molecule has 0 radical (unpaired) electrons. The molecule has 1 aliphatic heterocycles. The number of rotatable bonds is 0. The van der Waals surface area contributed by atoms with E-state index in [0.717, 1.165) is 0 Å². The van der Waals surface area contributed by atoms with Crippen molar-refractivity contribution in [1.29, 1.82) is 0 Å². The normalized spacial score (nSPS) is 24.9. The van der Waals surface area contributed by atoms with Gasteiger partial charge in [-0.25, -0.2) is 0 Å². The number of hydrogen-bond donors (Lipinski definition) is 0. The molecule has 1 rings (SSSR count). The fourth-order valence-corrected chi connectivity index (χ4v) is 1.02. The van der Waals surface area contributed by atoms with Gasteiger partial charge in [0.15, 0.2) is 0 Å². The molecular formula is C9H15BO2. The molecule has 0 aliphatic carbocycles. The van der Waals surface area contributed by atoms with Crippen LogP contribution in [-0.2, 0) is 9.31 Å². The summed E-state index contributed by atoms with van der Waals surface area (Å²) in [6, 6.07) is 0. The second kappa shape index (κ2) is 2.79. The molecule has 1 saturated heterocycles. The first-order chi connectivity index (χ1) is 5.39. The monoisotopic (exact) mass is 166 g/mol. The van der Waals surface area contributed by atoms with Gasteiger partial charge in [-0.3, -0.25) is 0 Å². The van der Waals surface area contributed by atoms with Gasteiger partial charge in [0, 0.05) is 0 Å². The summed E-state index contributed by atoms with van der Waals surface area (Å²) in [5.74, 6) is 5.65. The maximum absolute atomic E-state index is 5.61. The fraction of sp³-hybridized carbons (Fsp3) is 0.778. The molecule has 1 aliphatic rings. The first kappa shape index (κ1) is 9.63. The first-order valence-electron chi connectivity index (χ1n) is 4.17. The lowest BCUT2D eigenvalue weighted by Gasteiger charge is -2.32. The van der Waals surface area contributed by atoms with E-state index in [4.69, 9.17) is 9.31 Å². The van der Waals surface area contributed by atoms with Crippen molar-refractivity contribution < 1.29 is 9.31 Å². The van der Waals surface area contributed by atoms with Crippen LogP contribution in [0.15, 0.2) is 0 Å². The minimum absolute atomic E-state index is 0.262. The summed E-state index contributed by atoms with van der Waals surface area (Å²) in [7, 11) is -0.361. The van der Waals surface area contributed by atoms with Crippen molar-refractivity contribution in [2.75, 3.05) is 0 Å². The Balaban J connectivity index is 2.79. The van der Waals surface area contributed by atoms with Crippen LogP contribution in [0.1, 0.15) is 34.6 Å². The van der Waals surface area contributed by atoms with E-state index in [1.807, 2.05) is 27.7 Å². The van der Waals surface area contributed by atoms with Crippen molar-refractivity contribution in [3.05, 3.63) is 0 Å². The van der Waals surface area contributed by atoms with E-state index in [9.17, 15) is 0 Å². The molecule has 12 heavy (non-hydrogen) atoms. The zero-order valence-corrected chi connectivity index (χ0v) is 8.39. The average Bonchev–Trinajstić information content (AvgIpc) is 2.02. The minimum Gasteiger partial charge on any atom is -0.392 e. The van der Waals surface area contributed by atoms with Crippen molar-refractivity contribution >= 4 is 7.12 Å². The van der Waals surface area contributed by atoms with Gasteiger partial charge in [0.1, 0.15) is 0 Å². The highest BCUT2D eigenvalue weighted by molar-refractivity contribution is 6.55. The molecule has 0 aromatic heterocycles. The van der Waals surface area contributed by atoms with E-state index < -0.39 is 0 Å². The quantitative estimate of drug-likeness (QED) is 0.402. The van der Waals surface area contributed by atoms with Gasteiger partial charge in [-0.2, -0.15) is 0 Å². The van der Waals surface area contributed by atoms with Crippen LogP contribution in [-0.4, -0.2) is 18.3 Å². The molecular weight excluding hydrogens is 151 g/mol. The molecule has 0 aromatic carbocycles. The predicted octanol–water partition coefficient (Wildman–Crippen LogP) is 1.64. The molecule has 0 spiro atoms. The van der Waals surface area contributed by atoms with Crippen molar-refractivity contribution in [3.8, 4) is 11.7 Å². The molecule has 0 bridgehead atoms. The smallest absolute Gasteiger partial charge is 0.392 e. The Labute approximate surface area is 74.8 Å². The molecule has 0 saturated carbocycles. The molecule has 0 amide bonds. The average molecular weight is 166 g/mol. The summed E-state index contributed by atoms with van der Waals surface area (Å²) in [5.41, 5.74) is -0.525. The predicted molar refractivity (Wildman–Crippen MR) is 49.5 cm³/mol. The van der Waals surface area contributed by atoms with E-state index in [0.29, 0.717) is 0 Å². The topological polar surface area (TPSA) is 18.5 Å². The molecule has 3 heteroatoms. The van der Waals surface area contributed by atoms with Gasteiger partial charge in [-0.1, -0.05) is 5.82 Å². The van der Waals surface area contributed by atoms with Gasteiger partial charge < -0.3 is 9.31 Å². The standard InChI is InChI=1S/C9H15BO2/c1-6-7-10-11-8(2,3)9(4,5)12-10/h1-5H3. The van der Waals surface area contributed by atoms with Gasteiger partial charge in [0.2, 0.25) is 0 Å². The van der Waals surface area contributed by atoms with Crippen molar-refractivity contribution in [2.45, 2.75) is 45.8 Å². The lowest BCUT2D eigenvalue weighted by molar-refractivity contribution is 0.00578. The van der Waals surface area contributed by atoms with Crippen LogP contribution in [0.2, 0.25) is 0 Å². The van der Waals surface area contributed by atoms with Crippen LogP contribution in [0.25, 0.3) is 0 Å². The Hall–Kier alpha value is -0.455. The van der Waals surface area contributed by atoms with Gasteiger partial charge in [0.25, 0.3) is 0 Å². The highest BCUT2D eigenvalue weighted by atomic mass is 16.7. The minimum atomic E-state index is -0.361. The van der Waals surface area contributed by atoms with Crippen LogP contribution in [0, 0.1) is 11.7 Å². The highest BCUT2D eigenvalue weighted by Crippen LogP contribution is 2.36. The van der Waals surface area contributed by atoms with Crippen LogP contribution in [0.4, 0.5) is 0 Å². The highest BCUT2D eigenvalue weighted by Gasteiger charge is 2.50. The summed E-state index contributed by atoms with van der Waals surface area (Å²) in [6.07, 6.45) is 0. The lowest BCUT2D eigenvalue weighted by atomic mass is 9.90. The van der Waals surface area contributed by atoms with E-state index in [-0.39, 0.29) is 18.3 Å². The molecule has 1 fully saturated rings.